The third-order valence-electron chi connectivity index (χ3n) is 4.08. The standard InChI is InChI=1S/C17H22N4O3S/c1-2-14-3-5-16(6-4-14)25(22,23)19-13-15-7-8-18-17(20-15)21-9-11-24-12-10-21/h3-8,19H,2,9-13H2,1H3. The van der Waals surface area contributed by atoms with Crippen LogP contribution in [-0.4, -0.2) is 44.7 Å². The van der Waals surface area contributed by atoms with Crippen molar-refractivity contribution in [3.8, 4) is 0 Å². The molecule has 2 aromatic rings. The molecular weight excluding hydrogens is 340 g/mol. The lowest BCUT2D eigenvalue weighted by Gasteiger charge is -2.26. The van der Waals surface area contributed by atoms with Crippen molar-refractivity contribution >= 4 is 16.0 Å². The molecule has 0 saturated carbocycles. The van der Waals surface area contributed by atoms with E-state index in [2.05, 4.69) is 14.7 Å². The van der Waals surface area contributed by atoms with Crippen LogP contribution < -0.4 is 9.62 Å². The zero-order chi connectivity index (χ0) is 17.7. The number of sulfonamides is 1. The van der Waals surface area contributed by atoms with Gasteiger partial charge in [-0.25, -0.2) is 23.1 Å². The zero-order valence-corrected chi connectivity index (χ0v) is 15.0. The third kappa shape index (κ3) is 4.53. The molecule has 2 heterocycles. The number of aromatic nitrogens is 2. The summed E-state index contributed by atoms with van der Waals surface area (Å²) in [6.07, 6.45) is 2.52. The van der Waals surface area contributed by atoms with Gasteiger partial charge in [-0.15, -0.1) is 0 Å². The van der Waals surface area contributed by atoms with Crippen LogP contribution in [0, 0.1) is 0 Å². The van der Waals surface area contributed by atoms with E-state index >= 15 is 0 Å². The number of benzene rings is 1. The average Bonchev–Trinajstić information content (AvgIpc) is 2.67. The number of nitrogens with one attached hydrogen (secondary N) is 1. The fourth-order valence-electron chi connectivity index (χ4n) is 2.56. The molecule has 0 amide bonds. The van der Waals surface area contributed by atoms with Gasteiger partial charge in [0.05, 0.1) is 30.3 Å². The maximum atomic E-state index is 12.4. The minimum absolute atomic E-state index is 0.123. The predicted octanol–water partition coefficient (Wildman–Crippen LogP) is 1.35. The van der Waals surface area contributed by atoms with Crippen molar-refractivity contribution in [3.63, 3.8) is 0 Å². The van der Waals surface area contributed by atoms with Gasteiger partial charge in [0.2, 0.25) is 16.0 Å². The smallest absolute Gasteiger partial charge is 0.240 e. The van der Waals surface area contributed by atoms with Crippen molar-refractivity contribution in [2.75, 3.05) is 31.2 Å². The van der Waals surface area contributed by atoms with Crippen molar-refractivity contribution in [2.45, 2.75) is 24.8 Å². The van der Waals surface area contributed by atoms with Gasteiger partial charge in [-0.05, 0) is 30.2 Å². The molecular formula is C17H22N4O3S. The molecule has 0 atom stereocenters. The van der Waals surface area contributed by atoms with Gasteiger partial charge in [-0.3, -0.25) is 0 Å². The molecule has 25 heavy (non-hydrogen) atoms. The maximum absolute atomic E-state index is 12.4. The molecule has 7 nitrogen and oxygen atoms in total. The first kappa shape index (κ1) is 17.8. The summed E-state index contributed by atoms with van der Waals surface area (Å²) >= 11 is 0. The number of ether oxygens (including phenoxy) is 1. The van der Waals surface area contributed by atoms with Crippen molar-refractivity contribution in [1.29, 1.82) is 0 Å². The molecule has 1 aromatic heterocycles. The lowest BCUT2D eigenvalue weighted by atomic mass is 10.2. The number of hydrogen-bond acceptors (Lipinski definition) is 6. The molecule has 1 fully saturated rings. The Morgan fingerprint density at radius 1 is 1.16 bits per heavy atom. The summed E-state index contributed by atoms with van der Waals surface area (Å²) in [5, 5.41) is 0. The number of hydrogen-bond donors (Lipinski definition) is 1. The van der Waals surface area contributed by atoms with E-state index in [-0.39, 0.29) is 11.4 Å². The van der Waals surface area contributed by atoms with Crippen molar-refractivity contribution in [3.05, 3.63) is 47.8 Å². The van der Waals surface area contributed by atoms with Gasteiger partial charge in [0.15, 0.2) is 0 Å². The van der Waals surface area contributed by atoms with E-state index in [0.717, 1.165) is 25.1 Å². The molecule has 0 aliphatic carbocycles. The molecule has 0 unspecified atom stereocenters. The number of nitrogens with zero attached hydrogens (tertiary/aromatic N) is 3. The van der Waals surface area contributed by atoms with E-state index in [1.165, 1.54) is 0 Å². The lowest BCUT2D eigenvalue weighted by molar-refractivity contribution is 0.122. The summed E-state index contributed by atoms with van der Waals surface area (Å²) in [7, 11) is -3.57. The Hall–Kier alpha value is -2.03. The summed E-state index contributed by atoms with van der Waals surface area (Å²) in [5.41, 5.74) is 1.73. The zero-order valence-electron chi connectivity index (χ0n) is 14.2. The van der Waals surface area contributed by atoms with Crippen molar-refractivity contribution in [2.24, 2.45) is 0 Å². The van der Waals surface area contributed by atoms with Gasteiger partial charge < -0.3 is 9.64 Å². The van der Waals surface area contributed by atoms with Gasteiger partial charge in [0, 0.05) is 19.3 Å². The van der Waals surface area contributed by atoms with E-state index < -0.39 is 10.0 Å². The van der Waals surface area contributed by atoms with E-state index in [4.69, 9.17) is 4.74 Å². The maximum Gasteiger partial charge on any atom is 0.240 e. The van der Waals surface area contributed by atoms with E-state index in [1.807, 2.05) is 24.0 Å². The molecule has 0 spiro atoms. The van der Waals surface area contributed by atoms with Crippen LogP contribution in [0.4, 0.5) is 5.95 Å². The summed E-state index contributed by atoms with van der Waals surface area (Å²) in [6, 6.07) is 8.62. The molecule has 8 heteroatoms. The van der Waals surface area contributed by atoms with Crippen LogP contribution in [0.2, 0.25) is 0 Å². The van der Waals surface area contributed by atoms with Crippen molar-refractivity contribution < 1.29 is 13.2 Å². The van der Waals surface area contributed by atoms with Crippen LogP contribution in [-0.2, 0) is 27.7 Å². The molecule has 1 aliphatic heterocycles. The Kier molecular flexibility index (Phi) is 5.62. The highest BCUT2D eigenvalue weighted by Gasteiger charge is 2.16. The van der Waals surface area contributed by atoms with Gasteiger partial charge >= 0.3 is 0 Å². The van der Waals surface area contributed by atoms with Crippen LogP contribution in [0.15, 0.2) is 41.4 Å². The number of anilines is 1. The third-order valence-corrected chi connectivity index (χ3v) is 5.50. The Morgan fingerprint density at radius 3 is 2.56 bits per heavy atom. The first-order chi connectivity index (χ1) is 12.1. The highest BCUT2D eigenvalue weighted by Crippen LogP contribution is 2.13. The lowest BCUT2D eigenvalue weighted by Crippen LogP contribution is -2.37. The minimum atomic E-state index is -3.57. The SMILES string of the molecule is CCc1ccc(S(=O)(=O)NCc2ccnc(N3CCOCC3)n2)cc1. The average molecular weight is 362 g/mol. The molecule has 1 aliphatic rings. The Labute approximate surface area is 148 Å². The fraction of sp³-hybridized carbons (Fsp3) is 0.412. The largest absolute Gasteiger partial charge is 0.378 e. The molecule has 0 radical (unpaired) electrons. The molecule has 0 bridgehead atoms. The molecule has 134 valence electrons. The molecule has 3 rings (SSSR count). The normalized spacial score (nSPS) is 15.3. The van der Waals surface area contributed by atoms with Crippen LogP contribution in [0.3, 0.4) is 0 Å². The van der Waals surface area contributed by atoms with Gasteiger partial charge in [-0.2, -0.15) is 0 Å². The molecule has 1 N–H and O–H groups in total. The quantitative estimate of drug-likeness (QED) is 0.835. The van der Waals surface area contributed by atoms with Gasteiger partial charge in [-0.1, -0.05) is 19.1 Å². The van der Waals surface area contributed by atoms with Crippen LogP contribution >= 0.6 is 0 Å². The highest BCUT2D eigenvalue weighted by atomic mass is 32.2. The fourth-order valence-corrected chi connectivity index (χ4v) is 3.55. The number of morpholine rings is 1. The molecule has 1 aromatic carbocycles. The van der Waals surface area contributed by atoms with Crippen LogP contribution in [0.25, 0.3) is 0 Å². The summed E-state index contributed by atoms with van der Waals surface area (Å²) in [4.78, 5) is 11.0. The Balaban J connectivity index is 1.67. The second-order valence-corrected chi connectivity index (χ2v) is 7.54. The Morgan fingerprint density at radius 2 is 1.88 bits per heavy atom. The van der Waals surface area contributed by atoms with Crippen LogP contribution in [0.5, 0.6) is 0 Å². The van der Waals surface area contributed by atoms with Crippen molar-refractivity contribution in [1.82, 2.24) is 14.7 Å². The first-order valence-electron chi connectivity index (χ1n) is 8.32. The highest BCUT2D eigenvalue weighted by molar-refractivity contribution is 7.89. The van der Waals surface area contributed by atoms with Gasteiger partial charge in [0.1, 0.15) is 0 Å². The molecule has 1 saturated heterocycles. The monoisotopic (exact) mass is 362 g/mol. The van der Waals surface area contributed by atoms with E-state index in [9.17, 15) is 8.42 Å². The topological polar surface area (TPSA) is 84.4 Å². The summed E-state index contributed by atoms with van der Waals surface area (Å²) in [5.74, 6) is 0.604. The predicted molar refractivity (Wildman–Crippen MR) is 94.9 cm³/mol. The minimum Gasteiger partial charge on any atom is -0.378 e. The summed E-state index contributed by atoms with van der Waals surface area (Å²) < 4.78 is 32.7. The van der Waals surface area contributed by atoms with Crippen LogP contribution in [0.1, 0.15) is 18.2 Å². The first-order valence-corrected chi connectivity index (χ1v) is 9.80. The Bertz CT molecular complexity index is 803. The van der Waals surface area contributed by atoms with E-state index in [1.54, 1.807) is 24.4 Å². The van der Waals surface area contributed by atoms with E-state index in [0.29, 0.717) is 24.9 Å². The second-order valence-electron chi connectivity index (χ2n) is 5.77. The summed E-state index contributed by atoms with van der Waals surface area (Å²) in [6.45, 7) is 4.92. The van der Waals surface area contributed by atoms with Gasteiger partial charge in [0.25, 0.3) is 0 Å². The number of aryl methyl sites for hydroxylation is 1. The number of rotatable bonds is 6. The second kappa shape index (κ2) is 7.90.